The first-order valence-electron chi connectivity index (χ1n) is 11.5. The molecule has 35 heavy (non-hydrogen) atoms. The molecule has 0 radical (unpaired) electrons. The van der Waals surface area contributed by atoms with Gasteiger partial charge in [-0.3, -0.25) is 13.9 Å². The average molecular weight is 522 g/mol. The molecule has 0 unspecified atom stereocenters. The van der Waals surface area contributed by atoms with E-state index in [1.54, 1.807) is 43.3 Å². The van der Waals surface area contributed by atoms with Gasteiger partial charge in [0.25, 0.3) is 0 Å². The quantitative estimate of drug-likeness (QED) is 0.524. The summed E-state index contributed by atoms with van der Waals surface area (Å²) in [6.45, 7) is 10.9. The normalized spacial score (nSPS) is 12.8. The molecule has 0 saturated carbocycles. The van der Waals surface area contributed by atoms with E-state index in [4.69, 9.17) is 11.6 Å². The van der Waals surface area contributed by atoms with E-state index in [2.05, 4.69) is 5.32 Å². The molecule has 0 heterocycles. The SMILES string of the molecule is CC(C)c1ccc(N(CC(=O)N(Cc2ccccc2Cl)[C@@H](C)C(=O)NC(C)(C)C)S(C)(=O)=O)cc1. The molecule has 192 valence electrons. The van der Waals surface area contributed by atoms with Crippen molar-refractivity contribution in [1.29, 1.82) is 0 Å². The second-order valence-corrected chi connectivity index (χ2v) is 12.4. The van der Waals surface area contributed by atoms with E-state index in [-0.39, 0.29) is 18.4 Å². The van der Waals surface area contributed by atoms with Crippen molar-refractivity contribution in [3.8, 4) is 0 Å². The zero-order valence-electron chi connectivity index (χ0n) is 21.5. The van der Waals surface area contributed by atoms with E-state index in [0.29, 0.717) is 16.3 Å². The lowest BCUT2D eigenvalue weighted by atomic mass is 10.0. The summed E-state index contributed by atoms with van der Waals surface area (Å²) in [6.07, 6.45) is 1.06. The second kappa shape index (κ2) is 11.4. The second-order valence-electron chi connectivity index (χ2n) is 10.0. The Bertz CT molecular complexity index is 1140. The summed E-state index contributed by atoms with van der Waals surface area (Å²) >= 11 is 6.33. The van der Waals surface area contributed by atoms with Gasteiger partial charge in [-0.05, 0) is 62.9 Å². The van der Waals surface area contributed by atoms with Gasteiger partial charge < -0.3 is 10.2 Å². The molecule has 2 aromatic carbocycles. The number of sulfonamides is 1. The van der Waals surface area contributed by atoms with Crippen LogP contribution in [0.4, 0.5) is 5.69 Å². The van der Waals surface area contributed by atoms with Gasteiger partial charge in [-0.2, -0.15) is 0 Å². The van der Waals surface area contributed by atoms with Crippen molar-refractivity contribution >= 4 is 39.1 Å². The van der Waals surface area contributed by atoms with Gasteiger partial charge in [0.1, 0.15) is 12.6 Å². The van der Waals surface area contributed by atoms with E-state index in [9.17, 15) is 18.0 Å². The Morgan fingerprint density at radius 1 is 1.00 bits per heavy atom. The predicted octanol–water partition coefficient (Wildman–Crippen LogP) is 4.56. The van der Waals surface area contributed by atoms with Crippen molar-refractivity contribution in [2.24, 2.45) is 0 Å². The first kappa shape index (κ1) is 28.7. The summed E-state index contributed by atoms with van der Waals surface area (Å²) < 4.78 is 26.4. The lowest BCUT2D eigenvalue weighted by Gasteiger charge is -2.33. The van der Waals surface area contributed by atoms with Crippen LogP contribution in [0.15, 0.2) is 48.5 Å². The lowest BCUT2D eigenvalue weighted by Crippen LogP contribution is -2.54. The zero-order chi connectivity index (χ0) is 26.6. The minimum absolute atomic E-state index is 0.0567. The molecule has 2 aromatic rings. The molecular formula is C26H36ClN3O4S. The molecule has 2 amide bonds. The summed E-state index contributed by atoms with van der Waals surface area (Å²) in [7, 11) is -3.78. The topological polar surface area (TPSA) is 86.8 Å². The minimum Gasteiger partial charge on any atom is -0.350 e. The third kappa shape index (κ3) is 8.25. The van der Waals surface area contributed by atoms with Crippen LogP contribution in [0.3, 0.4) is 0 Å². The van der Waals surface area contributed by atoms with Crippen LogP contribution >= 0.6 is 11.6 Å². The van der Waals surface area contributed by atoms with E-state index < -0.39 is 34.1 Å². The molecule has 1 atom stereocenters. The lowest BCUT2D eigenvalue weighted by molar-refractivity contribution is -0.140. The first-order chi connectivity index (χ1) is 16.1. The van der Waals surface area contributed by atoms with Gasteiger partial charge in [0.15, 0.2) is 0 Å². The largest absolute Gasteiger partial charge is 0.350 e. The van der Waals surface area contributed by atoms with Crippen molar-refractivity contribution in [1.82, 2.24) is 10.2 Å². The van der Waals surface area contributed by atoms with E-state index in [1.807, 2.05) is 46.8 Å². The molecule has 0 spiro atoms. The van der Waals surface area contributed by atoms with Gasteiger partial charge >= 0.3 is 0 Å². The number of amides is 2. The third-order valence-corrected chi connectivity index (χ3v) is 7.00. The van der Waals surface area contributed by atoms with Crippen LogP contribution in [0, 0.1) is 0 Å². The smallest absolute Gasteiger partial charge is 0.244 e. The maximum absolute atomic E-state index is 13.6. The number of benzene rings is 2. The minimum atomic E-state index is -3.78. The van der Waals surface area contributed by atoms with Crippen molar-refractivity contribution < 1.29 is 18.0 Å². The van der Waals surface area contributed by atoms with Crippen LogP contribution in [-0.4, -0.2) is 49.5 Å². The highest BCUT2D eigenvalue weighted by Crippen LogP contribution is 2.24. The molecule has 2 rings (SSSR count). The van der Waals surface area contributed by atoms with Gasteiger partial charge in [-0.1, -0.05) is 55.8 Å². The van der Waals surface area contributed by atoms with E-state index in [0.717, 1.165) is 16.1 Å². The van der Waals surface area contributed by atoms with Crippen molar-refractivity contribution in [3.05, 3.63) is 64.7 Å². The summed E-state index contributed by atoms with van der Waals surface area (Å²) in [5.41, 5.74) is 1.60. The standard InChI is InChI=1S/C26H36ClN3O4S/c1-18(2)20-12-14-22(15-13-20)30(35(7,33)34)17-24(31)29(16-21-10-8-9-11-23(21)27)19(3)25(32)28-26(4,5)6/h8-15,18-19H,16-17H2,1-7H3,(H,28,32)/t19-/m0/s1. The molecule has 0 aromatic heterocycles. The number of anilines is 1. The molecule has 0 aliphatic heterocycles. The molecule has 0 fully saturated rings. The maximum atomic E-state index is 13.6. The molecular weight excluding hydrogens is 486 g/mol. The zero-order valence-corrected chi connectivity index (χ0v) is 23.1. The fourth-order valence-electron chi connectivity index (χ4n) is 3.51. The summed E-state index contributed by atoms with van der Waals surface area (Å²) in [5, 5.41) is 3.35. The molecule has 7 nitrogen and oxygen atoms in total. The maximum Gasteiger partial charge on any atom is 0.244 e. The fourth-order valence-corrected chi connectivity index (χ4v) is 4.55. The molecule has 9 heteroatoms. The Morgan fingerprint density at radius 3 is 2.06 bits per heavy atom. The van der Waals surface area contributed by atoms with E-state index >= 15 is 0 Å². The van der Waals surface area contributed by atoms with Crippen LogP contribution < -0.4 is 9.62 Å². The predicted molar refractivity (Wildman–Crippen MR) is 142 cm³/mol. The monoisotopic (exact) mass is 521 g/mol. The van der Waals surface area contributed by atoms with Crippen LogP contribution in [0.1, 0.15) is 58.6 Å². The highest BCUT2D eigenvalue weighted by molar-refractivity contribution is 7.92. The van der Waals surface area contributed by atoms with Gasteiger partial charge in [0.05, 0.1) is 11.9 Å². The summed E-state index contributed by atoms with van der Waals surface area (Å²) in [4.78, 5) is 27.9. The molecule has 0 aliphatic rings. The summed E-state index contributed by atoms with van der Waals surface area (Å²) in [6, 6.07) is 13.3. The number of hydrogen-bond acceptors (Lipinski definition) is 4. The number of hydrogen-bond donors (Lipinski definition) is 1. The number of nitrogens with zero attached hydrogens (tertiary/aromatic N) is 2. The number of carbonyl (C=O) groups is 2. The Morgan fingerprint density at radius 2 is 1.57 bits per heavy atom. The van der Waals surface area contributed by atoms with Crippen molar-refractivity contribution in [2.45, 2.75) is 65.6 Å². The van der Waals surface area contributed by atoms with Crippen LogP contribution in [0.25, 0.3) is 0 Å². The van der Waals surface area contributed by atoms with Crippen molar-refractivity contribution in [2.75, 3.05) is 17.1 Å². The van der Waals surface area contributed by atoms with Gasteiger partial charge in [0.2, 0.25) is 21.8 Å². The Kier molecular flexibility index (Phi) is 9.36. The van der Waals surface area contributed by atoms with Crippen LogP contribution in [-0.2, 0) is 26.2 Å². The van der Waals surface area contributed by atoms with Gasteiger partial charge in [-0.15, -0.1) is 0 Å². The van der Waals surface area contributed by atoms with Crippen molar-refractivity contribution in [3.63, 3.8) is 0 Å². The first-order valence-corrected chi connectivity index (χ1v) is 13.8. The van der Waals surface area contributed by atoms with Gasteiger partial charge in [0, 0.05) is 17.1 Å². The molecule has 0 aliphatic carbocycles. The Balaban J connectivity index is 2.42. The van der Waals surface area contributed by atoms with Gasteiger partial charge in [-0.25, -0.2) is 8.42 Å². The molecule has 0 saturated heterocycles. The third-order valence-electron chi connectivity index (χ3n) is 5.49. The molecule has 0 bridgehead atoms. The van der Waals surface area contributed by atoms with Crippen LogP contribution in [0.2, 0.25) is 5.02 Å². The Labute approximate surface area is 214 Å². The van der Waals surface area contributed by atoms with E-state index in [1.165, 1.54) is 4.90 Å². The highest BCUT2D eigenvalue weighted by atomic mass is 35.5. The number of halogens is 1. The number of carbonyl (C=O) groups excluding carboxylic acids is 2. The van der Waals surface area contributed by atoms with Crippen LogP contribution in [0.5, 0.6) is 0 Å². The summed E-state index contributed by atoms with van der Waals surface area (Å²) in [5.74, 6) is -0.574. The fraction of sp³-hybridized carbons (Fsp3) is 0.462. The number of nitrogens with one attached hydrogen (secondary N) is 1. The Hall–Kier alpha value is -2.58. The highest BCUT2D eigenvalue weighted by Gasteiger charge is 2.31. The average Bonchev–Trinajstić information content (AvgIpc) is 2.74. The molecule has 1 N–H and O–H groups in total. The number of rotatable bonds is 9.